The molecular weight excluding hydrogens is 212 g/mol. The monoisotopic (exact) mass is 234 g/mol. The first-order chi connectivity index (χ1) is 8.12. The molecule has 0 radical (unpaired) electrons. The van der Waals surface area contributed by atoms with E-state index < -0.39 is 0 Å². The van der Waals surface area contributed by atoms with E-state index in [1.165, 1.54) is 11.3 Å². The van der Waals surface area contributed by atoms with Crippen LogP contribution >= 0.6 is 0 Å². The molecule has 2 rings (SSSR count). The van der Waals surface area contributed by atoms with Gasteiger partial charge in [0.05, 0.1) is 5.69 Å². The zero-order chi connectivity index (χ0) is 12.3. The van der Waals surface area contributed by atoms with Crippen molar-refractivity contribution in [3.05, 3.63) is 17.6 Å². The van der Waals surface area contributed by atoms with Gasteiger partial charge in [-0.3, -0.25) is 0 Å². The third kappa shape index (κ3) is 2.94. The highest BCUT2D eigenvalue weighted by molar-refractivity contribution is 5.46. The highest BCUT2D eigenvalue weighted by Crippen LogP contribution is 2.23. The Morgan fingerprint density at radius 3 is 3.00 bits per heavy atom. The molecule has 0 atom stereocenters. The van der Waals surface area contributed by atoms with E-state index in [9.17, 15) is 0 Å². The predicted molar refractivity (Wildman–Crippen MR) is 70.0 cm³/mol. The molecule has 4 heteroatoms. The molecule has 1 aromatic rings. The van der Waals surface area contributed by atoms with Gasteiger partial charge in [-0.2, -0.15) is 0 Å². The van der Waals surface area contributed by atoms with Crippen molar-refractivity contribution in [2.75, 3.05) is 18.4 Å². The van der Waals surface area contributed by atoms with E-state index in [1.807, 2.05) is 0 Å². The largest absolute Gasteiger partial charge is 0.369 e. The quantitative estimate of drug-likeness (QED) is 0.836. The van der Waals surface area contributed by atoms with E-state index in [1.54, 1.807) is 6.33 Å². The Morgan fingerprint density at radius 1 is 1.41 bits per heavy atom. The van der Waals surface area contributed by atoms with E-state index in [0.29, 0.717) is 5.41 Å². The summed E-state index contributed by atoms with van der Waals surface area (Å²) in [5.74, 6) is 1.00. The second kappa shape index (κ2) is 5.00. The Labute approximate surface area is 103 Å². The molecule has 0 unspecified atom stereocenters. The van der Waals surface area contributed by atoms with Gasteiger partial charge in [0.25, 0.3) is 0 Å². The van der Waals surface area contributed by atoms with Crippen LogP contribution in [0.25, 0.3) is 0 Å². The number of nitrogens with one attached hydrogen (secondary N) is 2. The molecule has 0 amide bonds. The third-order valence-electron chi connectivity index (χ3n) is 3.57. The minimum absolute atomic E-state index is 0.305. The van der Waals surface area contributed by atoms with Gasteiger partial charge in [-0.25, -0.2) is 9.97 Å². The number of anilines is 1. The molecule has 0 bridgehead atoms. The molecule has 1 aliphatic heterocycles. The molecular formula is C13H22N4. The van der Waals surface area contributed by atoms with E-state index in [-0.39, 0.29) is 0 Å². The summed E-state index contributed by atoms with van der Waals surface area (Å²) in [4.78, 5) is 8.72. The molecule has 0 aliphatic carbocycles. The summed E-state index contributed by atoms with van der Waals surface area (Å²) < 4.78 is 0. The molecule has 0 fully saturated rings. The number of fused-ring (bicyclic) bond motifs is 1. The van der Waals surface area contributed by atoms with Crippen molar-refractivity contribution in [1.29, 1.82) is 0 Å². The SMILES string of the molecule is CCC(C)(C)CNc1ncnc2c1CNCC2. The summed E-state index contributed by atoms with van der Waals surface area (Å²) in [7, 11) is 0. The van der Waals surface area contributed by atoms with Gasteiger partial charge in [0.2, 0.25) is 0 Å². The van der Waals surface area contributed by atoms with Crippen LogP contribution in [0.3, 0.4) is 0 Å². The first-order valence-corrected chi connectivity index (χ1v) is 6.40. The topological polar surface area (TPSA) is 49.8 Å². The Hall–Kier alpha value is -1.16. The van der Waals surface area contributed by atoms with Crippen molar-refractivity contribution in [2.45, 2.75) is 40.2 Å². The number of rotatable bonds is 4. The van der Waals surface area contributed by atoms with Crippen molar-refractivity contribution in [3.63, 3.8) is 0 Å². The fourth-order valence-electron chi connectivity index (χ4n) is 1.87. The summed E-state index contributed by atoms with van der Waals surface area (Å²) in [6.07, 6.45) is 3.83. The molecule has 17 heavy (non-hydrogen) atoms. The van der Waals surface area contributed by atoms with Gasteiger partial charge in [-0.15, -0.1) is 0 Å². The lowest BCUT2D eigenvalue weighted by atomic mass is 9.90. The van der Waals surface area contributed by atoms with E-state index >= 15 is 0 Å². The second-order valence-electron chi connectivity index (χ2n) is 5.45. The average Bonchev–Trinajstić information content (AvgIpc) is 2.36. The number of hydrogen-bond acceptors (Lipinski definition) is 4. The molecule has 0 saturated carbocycles. The van der Waals surface area contributed by atoms with Gasteiger partial charge < -0.3 is 10.6 Å². The zero-order valence-electron chi connectivity index (χ0n) is 11.0. The van der Waals surface area contributed by atoms with Crippen LogP contribution in [0.5, 0.6) is 0 Å². The molecule has 1 aromatic heterocycles. The second-order valence-corrected chi connectivity index (χ2v) is 5.45. The van der Waals surface area contributed by atoms with Crippen molar-refractivity contribution in [2.24, 2.45) is 5.41 Å². The maximum absolute atomic E-state index is 4.37. The van der Waals surface area contributed by atoms with Crippen LogP contribution in [0, 0.1) is 5.41 Å². The van der Waals surface area contributed by atoms with Gasteiger partial charge in [-0.05, 0) is 11.8 Å². The van der Waals surface area contributed by atoms with Crippen LogP contribution < -0.4 is 10.6 Å². The molecule has 0 aromatic carbocycles. The predicted octanol–water partition coefficient (Wildman–Crippen LogP) is 1.97. The van der Waals surface area contributed by atoms with Gasteiger partial charge in [0.1, 0.15) is 12.1 Å². The molecule has 0 spiro atoms. The van der Waals surface area contributed by atoms with Gasteiger partial charge in [0, 0.05) is 31.6 Å². The molecule has 2 heterocycles. The lowest BCUT2D eigenvalue weighted by Crippen LogP contribution is -2.28. The van der Waals surface area contributed by atoms with Crippen LogP contribution in [0.2, 0.25) is 0 Å². The highest BCUT2D eigenvalue weighted by atomic mass is 15.0. The van der Waals surface area contributed by atoms with Crippen molar-refractivity contribution in [1.82, 2.24) is 15.3 Å². The minimum atomic E-state index is 0.305. The van der Waals surface area contributed by atoms with Crippen molar-refractivity contribution >= 4 is 5.82 Å². The Morgan fingerprint density at radius 2 is 2.24 bits per heavy atom. The highest BCUT2D eigenvalue weighted by Gasteiger charge is 2.18. The first-order valence-electron chi connectivity index (χ1n) is 6.40. The number of aromatic nitrogens is 2. The lowest BCUT2D eigenvalue weighted by Gasteiger charge is -2.25. The average molecular weight is 234 g/mol. The minimum Gasteiger partial charge on any atom is -0.369 e. The maximum atomic E-state index is 4.37. The third-order valence-corrected chi connectivity index (χ3v) is 3.57. The zero-order valence-corrected chi connectivity index (χ0v) is 11.0. The van der Waals surface area contributed by atoms with Gasteiger partial charge in [-0.1, -0.05) is 20.8 Å². The Balaban J connectivity index is 2.11. The molecule has 2 N–H and O–H groups in total. The maximum Gasteiger partial charge on any atom is 0.134 e. The van der Waals surface area contributed by atoms with E-state index in [4.69, 9.17) is 0 Å². The summed E-state index contributed by atoms with van der Waals surface area (Å²) in [5.41, 5.74) is 2.74. The molecule has 4 nitrogen and oxygen atoms in total. The van der Waals surface area contributed by atoms with Crippen LogP contribution in [0.15, 0.2) is 6.33 Å². The molecule has 94 valence electrons. The molecule has 1 aliphatic rings. The first kappa shape index (κ1) is 12.3. The van der Waals surface area contributed by atoms with Crippen LogP contribution in [-0.2, 0) is 13.0 Å². The van der Waals surface area contributed by atoms with Crippen LogP contribution in [0.4, 0.5) is 5.82 Å². The Kier molecular flexibility index (Phi) is 3.62. The summed E-state index contributed by atoms with van der Waals surface area (Å²) in [6.45, 7) is 9.61. The fourth-order valence-corrected chi connectivity index (χ4v) is 1.87. The fraction of sp³-hybridized carbons (Fsp3) is 0.692. The van der Waals surface area contributed by atoms with E-state index in [0.717, 1.165) is 38.3 Å². The van der Waals surface area contributed by atoms with Crippen molar-refractivity contribution in [3.8, 4) is 0 Å². The molecule has 0 saturated heterocycles. The van der Waals surface area contributed by atoms with Crippen LogP contribution in [0.1, 0.15) is 38.4 Å². The summed E-state index contributed by atoms with van der Waals surface area (Å²) in [6, 6.07) is 0. The normalized spacial score (nSPS) is 15.5. The standard InChI is InChI=1S/C13H22N4/c1-4-13(2,3)8-15-12-10-7-14-6-5-11(10)16-9-17-12/h9,14H,4-8H2,1-3H3,(H,15,16,17). The summed E-state index contributed by atoms with van der Waals surface area (Å²) >= 11 is 0. The van der Waals surface area contributed by atoms with Crippen LogP contribution in [-0.4, -0.2) is 23.1 Å². The lowest BCUT2D eigenvalue weighted by molar-refractivity contribution is 0.376. The van der Waals surface area contributed by atoms with Gasteiger partial charge >= 0.3 is 0 Å². The smallest absolute Gasteiger partial charge is 0.134 e. The van der Waals surface area contributed by atoms with E-state index in [2.05, 4.69) is 41.4 Å². The summed E-state index contributed by atoms with van der Waals surface area (Å²) in [5, 5.41) is 6.85. The number of nitrogens with zero attached hydrogens (tertiary/aromatic N) is 2. The Bertz CT molecular complexity index is 387. The number of hydrogen-bond donors (Lipinski definition) is 2. The van der Waals surface area contributed by atoms with Gasteiger partial charge in [0.15, 0.2) is 0 Å². The van der Waals surface area contributed by atoms with Crippen molar-refractivity contribution < 1.29 is 0 Å².